The summed E-state index contributed by atoms with van der Waals surface area (Å²) in [7, 11) is 0. The van der Waals surface area contributed by atoms with E-state index in [1.807, 2.05) is 19.1 Å². The molecule has 0 atom stereocenters. The molecule has 1 rings (SSSR count). The second kappa shape index (κ2) is 3.67. The largest absolute Gasteiger partial charge is 0.246 e. The lowest BCUT2D eigenvalue weighted by atomic mass is 10.2. The van der Waals surface area contributed by atoms with Gasteiger partial charge >= 0.3 is 0 Å². The van der Waals surface area contributed by atoms with Gasteiger partial charge in [-0.15, -0.1) is 0 Å². The molecule has 0 saturated heterocycles. The van der Waals surface area contributed by atoms with E-state index >= 15 is 0 Å². The molecule has 0 amide bonds. The van der Waals surface area contributed by atoms with Crippen molar-refractivity contribution in [2.24, 2.45) is 0 Å². The number of nitrogens with zero attached hydrogens (tertiary/aromatic N) is 2. The lowest BCUT2D eigenvalue weighted by molar-refractivity contribution is 1.01. The Kier molecular flexibility index (Phi) is 2.83. The summed E-state index contributed by atoms with van der Waals surface area (Å²) in [5.41, 5.74) is 1.58. The molecule has 56 valence electrons. The Morgan fingerprint density at radius 3 is 2.91 bits per heavy atom. The van der Waals surface area contributed by atoms with Gasteiger partial charge in [-0.25, -0.2) is 4.98 Å². The smallest absolute Gasteiger partial charge is 0.101 e. The zero-order chi connectivity index (χ0) is 8.27. The van der Waals surface area contributed by atoms with E-state index in [2.05, 4.69) is 33.6 Å². The highest BCUT2D eigenvalue weighted by Crippen LogP contribution is 2.08. The number of nitriles is 1. The summed E-state index contributed by atoms with van der Waals surface area (Å²) in [6, 6.07) is 5.77. The Hall–Kier alpha value is -0.630. The van der Waals surface area contributed by atoms with Crippen LogP contribution >= 0.6 is 22.6 Å². The number of rotatable bonds is 1. The summed E-state index contributed by atoms with van der Waals surface area (Å²) in [4.78, 5) is 4.23. The highest BCUT2D eigenvalue weighted by atomic mass is 127. The molecule has 0 saturated carbocycles. The minimum absolute atomic E-state index is 0.688. The van der Waals surface area contributed by atoms with Gasteiger partial charge in [-0.05, 0) is 41.1 Å². The van der Waals surface area contributed by atoms with E-state index in [-0.39, 0.29) is 0 Å². The molecule has 0 unspecified atom stereocenters. The van der Waals surface area contributed by atoms with Gasteiger partial charge in [0.05, 0.1) is 11.3 Å². The van der Waals surface area contributed by atoms with Crippen molar-refractivity contribution in [2.45, 2.75) is 13.3 Å². The first-order chi connectivity index (χ1) is 5.27. The van der Waals surface area contributed by atoms with Crippen LogP contribution in [0.3, 0.4) is 0 Å². The van der Waals surface area contributed by atoms with Crippen LogP contribution in [0.5, 0.6) is 0 Å². The predicted octanol–water partition coefficient (Wildman–Crippen LogP) is 2.12. The van der Waals surface area contributed by atoms with E-state index < -0.39 is 0 Å². The Bertz CT molecular complexity index is 301. The van der Waals surface area contributed by atoms with Crippen molar-refractivity contribution in [3.05, 3.63) is 27.1 Å². The lowest BCUT2D eigenvalue weighted by Crippen LogP contribution is -1.93. The van der Waals surface area contributed by atoms with Gasteiger partial charge in [0.25, 0.3) is 0 Å². The molecule has 0 aliphatic carbocycles. The topological polar surface area (TPSA) is 36.7 Å². The minimum atomic E-state index is 0.688. The average Bonchev–Trinajstić information content (AvgIpc) is 2.04. The van der Waals surface area contributed by atoms with Crippen molar-refractivity contribution < 1.29 is 0 Å². The first-order valence-corrected chi connectivity index (χ1v) is 4.41. The Labute approximate surface area is 79.4 Å². The molecule has 0 aliphatic rings. The molecule has 1 aromatic heterocycles. The first-order valence-electron chi connectivity index (χ1n) is 3.33. The summed E-state index contributed by atoms with van der Waals surface area (Å²) in [6.07, 6.45) is 0.819. The van der Waals surface area contributed by atoms with Gasteiger partial charge in [0, 0.05) is 0 Å². The molecule has 2 nitrogen and oxygen atoms in total. The van der Waals surface area contributed by atoms with Gasteiger partial charge in [-0.1, -0.05) is 6.92 Å². The molecule has 0 bridgehead atoms. The van der Waals surface area contributed by atoms with Crippen molar-refractivity contribution >= 4 is 22.6 Å². The van der Waals surface area contributed by atoms with Crippen LogP contribution in [-0.2, 0) is 6.42 Å². The molecule has 0 radical (unpaired) electrons. The van der Waals surface area contributed by atoms with Crippen LogP contribution in [0.2, 0.25) is 0 Å². The number of hydrogen-bond donors (Lipinski definition) is 0. The van der Waals surface area contributed by atoms with Crippen molar-refractivity contribution in [1.29, 1.82) is 5.26 Å². The molecule has 3 heteroatoms. The van der Waals surface area contributed by atoms with Crippen molar-refractivity contribution in [2.75, 3.05) is 0 Å². The van der Waals surface area contributed by atoms with Crippen LogP contribution in [0.25, 0.3) is 0 Å². The summed E-state index contributed by atoms with van der Waals surface area (Å²) in [6.45, 7) is 2.00. The summed E-state index contributed by atoms with van der Waals surface area (Å²) < 4.78 is 0.943. The average molecular weight is 258 g/mol. The van der Waals surface area contributed by atoms with Crippen LogP contribution in [0, 0.1) is 15.0 Å². The summed E-state index contributed by atoms with van der Waals surface area (Å²) in [5, 5.41) is 8.65. The zero-order valence-electron chi connectivity index (χ0n) is 6.13. The van der Waals surface area contributed by atoms with Gasteiger partial charge in [0.2, 0.25) is 0 Å². The van der Waals surface area contributed by atoms with Crippen LogP contribution in [0.15, 0.2) is 12.1 Å². The maximum atomic E-state index is 8.65. The quantitative estimate of drug-likeness (QED) is 0.571. The lowest BCUT2D eigenvalue weighted by Gasteiger charge is -1.98. The van der Waals surface area contributed by atoms with Gasteiger partial charge in [-0.2, -0.15) is 5.26 Å². The highest BCUT2D eigenvalue weighted by Gasteiger charge is 2.00. The van der Waals surface area contributed by atoms with E-state index in [0.717, 1.165) is 15.8 Å². The van der Waals surface area contributed by atoms with Crippen LogP contribution in [0.4, 0.5) is 0 Å². The van der Waals surface area contributed by atoms with Crippen molar-refractivity contribution in [3.8, 4) is 6.07 Å². The van der Waals surface area contributed by atoms with Crippen molar-refractivity contribution in [3.63, 3.8) is 0 Å². The Morgan fingerprint density at radius 1 is 1.64 bits per heavy atom. The maximum Gasteiger partial charge on any atom is 0.101 e. The number of aryl methyl sites for hydroxylation is 1. The summed E-state index contributed by atoms with van der Waals surface area (Å²) >= 11 is 2.14. The van der Waals surface area contributed by atoms with E-state index in [9.17, 15) is 0 Å². The fourth-order valence-corrected chi connectivity index (χ4v) is 1.32. The van der Waals surface area contributed by atoms with E-state index in [0.29, 0.717) is 5.56 Å². The Morgan fingerprint density at radius 2 is 2.36 bits per heavy atom. The molecule has 0 aliphatic heterocycles. The molecule has 0 spiro atoms. The SMILES string of the molecule is CCc1nc(I)ccc1C#N. The van der Waals surface area contributed by atoms with E-state index in [4.69, 9.17) is 5.26 Å². The molecule has 0 aromatic carbocycles. The number of aromatic nitrogens is 1. The summed E-state index contributed by atoms with van der Waals surface area (Å²) in [5.74, 6) is 0. The van der Waals surface area contributed by atoms with Crippen LogP contribution < -0.4 is 0 Å². The van der Waals surface area contributed by atoms with Gasteiger partial charge in [-0.3, -0.25) is 0 Å². The van der Waals surface area contributed by atoms with Crippen molar-refractivity contribution in [1.82, 2.24) is 4.98 Å². The fraction of sp³-hybridized carbons (Fsp3) is 0.250. The van der Waals surface area contributed by atoms with Gasteiger partial charge in [0.15, 0.2) is 0 Å². The molecular weight excluding hydrogens is 251 g/mol. The third kappa shape index (κ3) is 1.90. The normalized spacial score (nSPS) is 9.18. The monoisotopic (exact) mass is 258 g/mol. The zero-order valence-corrected chi connectivity index (χ0v) is 8.29. The second-order valence-corrected chi connectivity index (χ2v) is 3.20. The van der Waals surface area contributed by atoms with Gasteiger partial charge in [0.1, 0.15) is 9.77 Å². The Balaban J connectivity index is 3.19. The second-order valence-electron chi connectivity index (χ2n) is 2.09. The van der Waals surface area contributed by atoms with E-state index in [1.165, 1.54) is 0 Å². The molecule has 11 heavy (non-hydrogen) atoms. The molecule has 1 heterocycles. The number of halogens is 1. The third-order valence-corrected chi connectivity index (χ3v) is 2.00. The molecule has 1 aromatic rings. The number of hydrogen-bond acceptors (Lipinski definition) is 2. The fourth-order valence-electron chi connectivity index (χ4n) is 0.846. The third-order valence-electron chi connectivity index (χ3n) is 1.40. The highest BCUT2D eigenvalue weighted by molar-refractivity contribution is 14.1. The van der Waals surface area contributed by atoms with E-state index in [1.54, 1.807) is 0 Å². The van der Waals surface area contributed by atoms with Crippen LogP contribution in [-0.4, -0.2) is 4.98 Å². The maximum absolute atomic E-state index is 8.65. The molecular formula is C8H7IN2. The standard InChI is InChI=1S/C8H7IN2/c1-2-7-6(5-10)3-4-8(9)11-7/h3-4H,2H2,1H3. The molecule has 0 N–H and O–H groups in total. The first kappa shape index (κ1) is 8.47. The van der Waals surface area contributed by atoms with Gasteiger partial charge < -0.3 is 0 Å². The predicted molar refractivity (Wildman–Crippen MR) is 51.0 cm³/mol. The van der Waals surface area contributed by atoms with Crippen LogP contribution in [0.1, 0.15) is 18.2 Å². The molecule has 0 fully saturated rings. The number of pyridine rings is 1. The minimum Gasteiger partial charge on any atom is -0.246 e.